The van der Waals surface area contributed by atoms with E-state index < -0.39 is 0 Å². The van der Waals surface area contributed by atoms with Crippen LogP contribution < -0.4 is 10.2 Å². The summed E-state index contributed by atoms with van der Waals surface area (Å²) in [5.74, 6) is -0.0115. The molecule has 0 atom stereocenters. The fraction of sp³-hybridized carbons (Fsp3) is 0.333. The number of amides is 1. The fourth-order valence-corrected chi connectivity index (χ4v) is 2.43. The van der Waals surface area contributed by atoms with Crippen LogP contribution in [0.2, 0.25) is 0 Å². The van der Waals surface area contributed by atoms with Crippen molar-refractivity contribution in [3.05, 3.63) is 41.8 Å². The van der Waals surface area contributed by atoms with Crippen LogP contribution in [-0.4, -0.2) is 24.2 Å². The van der Waals surface area contributed by atoms with Gasteiger partial charge in [0.2, 0.25) is 5.76 Å². The van der Waals surface area contributed by atoms with Crippen molar-refractivity contribution >= 4 is 17.3 Å². The van der Waals surface area contributed by atoms with Crippen LogP contribution in [0.4, 0.5) is 11.4 Å². The predicted octanol–water partition coefficient (Wildman–Crippen LogP) is 2.84. The SMILES string of the molecule is Cc1cnoc1C(=O)Nc1ccc(N2CCCC2)cc1. The standard InChI is InChI=1S/C15H17N3O2/c1-11-10-16-20-14(11)15(19)17-12-4-6-13(7-5-12)18-8-2-3-9-18/h4-7,10H,2-3,8-9H2,1H3,(H,17,19). The molecule has 0 radical (unpaired) electrons. The van der Waals surface area contributed by atoms with E-state index in [2.05, 4.69) is 15.4 Å². The van der Waals surface area contributed by atoms with Crippen molar-refractivity contribution in [2.45, 2.75) is 19.8 Å². The van der Waals surface area contributed by atoms with Crippen LogP contribution in [0.25, 0.3) is 0 Å². The number of hydrogen-bond donors (Lipinski definition) is 1. The third kappa shape index (κ3) is 2.52. The van der Waals surface area contributed by atoms with E-state index in [9.17, 15) is 4.79 Å². The van der Waals surface area contributed by atoms with Gasteiger partial charge in [-0.2, -0.15) is 0 Å². The minimum atomic E-state index is -0.270. The van der Waals surface area contributed by atoms with Crippen molar-refractivity contribution in [1.29, 1.82) is 0 Å². The first-order valence-electron chi connectivity index (χ1n) is 6.82. The Balaban J connectivity index is 1.69. The van der Waals surface area contributed by atoms with E-state index in [1.165, 1.54) is 24.7 Å². The van der Waals surface area contributed by atoms with Gasteiger partial charge in [-0.1, -0.05) is 5.16 Å². The Bertz CT molecular complexity index is 598. The molecule has 1 aromatic carbocycles. The minimum absolute atomic E-state index is 0.258. The third-order valence-corrected chi connectivity index (χ3v) is 3.55. The summed E-state index contributed by atoms with van der Waals surface area (Å²) in [4.78, 5) is 14.3. The van der Waals surface area contributed by atoms with E-state index in [-0.39, 0.29) is 11.7 Å². The van der Waals surface area contributed by atoms with Crippen LogP contribution in [-0.2, 0) is 0 Å². The van der Waals surface area contributed by atoms with E-state index in [4.69, 9.17) is 4.52 Å². The van der Waals surface area contributed by atoms with E-state index in [0.29, 0.717) is 0 Å². The molecule has 0 aliphatic carbocycles. The lowest BCUT2D eigenvalue weighted by atomic mass is 10.2. The second kappa shape index (κ2) is 5.36. The molecule has 0 unspecified atom stereocenters. The second-order valence-electron chi connectivity index (χ2n) is 5.03. The molecule has 104 valence electrons. The van der Waals surface area contributed by atoms with Gasteiger partial charge in [0, 0.05) is 30.0 Å². The van der Waals surface area contributed by atoms with E-state index in [1.54, 1.807) is 6.92 Å². The molecular formula is C15H17N3O2. The van der Waals surface area contributed by atoms with Gasteiger partial charge in [-0.15, -0.1) is 0 Å². The summed E-state index contributed by atoms with van der Waals surface area (Å²) >= 11 is 0. The minimum Gasteiger partial charge on any atom is -0.372 e. The predicted molar refractivity (Wildman–Crippen MR) is 77.1 cm³/mol. The maximum atomic E-state index is 12.0. The topological polar surface area (TPSA) is 58.4 Å². The zero-order chi connectivity index (χ0) is 13.9. The molecule has 2 heterocycles. The monoisotopic (exact) mass is 271 g/mol. The zero-order valence-corrected chi connectivity index (χ0v) is 11.4. The number of benzene rings is 1. The van der Waals surface area contributed by atoms with Gasteiger partial charge in [-0.3, -0.25) is 4.79 Å². The highest BCUT2D eigenvalue weighted by Crippen LogP contribution is 2.22. The lowest BCUT2D eigenvalue weighted by Gasteiger charge is -2.17. The Morgan fingerprint density at radius 2 is 1.95 bits per heavy atom. The first kappa shape index (κ1) is 12.7. The van der Waals surface area contributed by atoms with Crippen molar-refractivity contribution in [2.75, 3.05) is 23.3 Å². The Kier molecular flexibility index (Phi) is 3.41. The molecule has 1 saturated heterocycles. The summed E-state index contributed by atoms with van der Waals surface area (Å²) < 4.78 is 4.93. The van der Waals surface area contributed by atoms with Gasteiger partial charge in [-0.25, -0.2) is 0 Å². The molecule has 1 aromatic heterocycles. The largest absolute Gasteiger partial charge is 0.372 e. The van der Waals surface area contributed by atoms with Crippen LogP contribution >= 0.6 is 0 Å². The molecule has 20 heavy (non-hydrogen) atoms. The molecule has 0 bridgehead atoms. The van der Waals surface area contributed by atoms with Crippen LogP contribution in [0.3, 0.4) is 0 Å². The highest BCUT2D eigenvalue weighted by Gasteiger charge is 2.15. The summed E-state index contributed by atoms with van der Waals surface area (Å²) in [6, 6.07) is 7.90. The average Bonchev–Trinajstić information content (AvgIpc) is 3.10. The van der Waals surface area contributed by atoms with Gasteiger partial charge in [-0.05, 0) is 44.0 Å². The Hall–Kier alpha value is -2.30. The maximum absolute atomic E-state index is 12.0. The zero-order valence-electron chi connectivity index (χ0n) is 11.4. The third-order valence-electron chi connectivity index (χ3n) is 3.55. The van der Waals surface area contributed by atoms with Gasteiger partial charge >= 0.3 is 0 Å². The molecule has 1 aliphatic rings. The molecule has 3 rings (SSSR count). The number of aryl methyl sites for hydroxylation is 1. The summed E-state index contributed by atoms with van der Waals surface area (Å²) in [5.41, 5.74) is 2.70. The second-order valence-corrected chi connectivity index (χ2v) is 5.03. The first-order chi connectivity index (χ1) is 9.74. The number of carbonyl (C=O) groups is 1. The quantitative estimate of drug-likeness (QED) is 0.932. The molecular weight excluding hydrogens is 254 g/mol. The molecule has 0 spiro atoms. The summed E-state index contributed by atoms with van der Waals surface area (Å²) in [5, 5.41) is 6.42. The molecule has 5 nitrogen and oxygen atoms in total. The van der Waals surface area contributed by atoms with Gasteiger partial charge in [0.25, 0.3) is 5.91 Å². The molecule has 2 aromatic rings. The van der Waals surface area contributed by atoms with Crippen molar-refractivity contribution in [3.8, 4) is 0 Å². The Labute approximate surface area is 117 Å². The molecule has 1 aliphatic heterocycles. The number of carbonyl (C=O) groups excluding carboxylic acids is 1. The lowest BCUT2D eigenvalue weighted by molar-refractivity contribution is 0.0987. The van der Waals surface area contributed by atoms with Crippen molar-refractivity contribution < 1.29 is 9.32 Å². The van der Waals surface area contributed by atoms with Crippen LogP contribution in [0, 0.1) is 6.92 Å². The molecule has 5 heteroatoms. The van der Waals surface area contributed by atoms with Crippen molar-refractivity contribution in [1.82, 2.24) is 5.16 Å². The van der Waals surface area contributed by atoms with Gasteiger partial charge in [0.1, 0.15) is 0 Å². The normalized spacial score (nSPS) is 14.6. The van der Waals surface area contributed by atoms with Crippen molar-refractivity contribution in [2.24, 2.45) is 0 Å². The van der Waals surface area contributed by atoms with Gasteiger partial charge < -0.3 is 14.7 Å². The summed E-state index contributed by atoms with van der Waals surface area (Å²) in [6.45, 7) is 4.02. The average molecular weight is 271 g/mol. The van der Waals surface area contributed by atoms with Crippen LogP contribution in [0.1, 0.15) is 29.0 Å². The molecule has 1 fully saturated rings. The Morgan fingerprint density at radius 3 is 2.55 bits per heavy atom. The highest BCUT2D eigenvalue weighted by molar-refractivity contribution is 6.03. The highest BCUT2D eigenvalue weighted by atomic mass is 16.5. The number of aromatic nitrogens is 1. The lowest BCUT2D eigenvalue weighted by Crippen LogP contribution is -2.17. The van der Waals surface area contributed by atoms with Gasteiger partial charge in [0.15, 0.2) is 0 Å². The van der Waals surface area contributed by atoms with E-state index in [1.807, 2.05) is 24.3 Å². The van der Waals surface area contributed by atoms with E-state index in [0.717, 1.165) is 24.3 Å². The van der Waals surface area contributed by atoms with E-state index >= 15 is 0 Å². The van der Waals surface area contributed by atoms with Crippen LogP contribution in [0.5, 0.6) is 0 Å². The van der Waals surface area contributed by atoms with Crippen molar-refractivity contribution in [3.63, 3.8) is 0 Å². The number of rotatable bonds is 3. The molecule has 1 amide bonds. The molecule has 1 N–H and O–H groups in total. The Morgan fingerprint density at radius 1 is 1.25 bits per heavy atom. The first-order valence-corrected chi connectivity index (χ1v) is 6.82. The van der Waals surface area contributed by atoms with Crippen LogP contribution in [0.15, 0.2) is 35.0 Å². The summed E-state index contributed by atoms with van der Waals surface area (Å²) in [6.07, 6.45) is 4.04. The molecule has 0 saturated carbocycles. The number of anilines is 2. The number of nitrogens with zero attached hydrogens (tertiary/aromatic N) is 2. The maximum Gasteiger partial charge on any atom is 0.294 e. The smallest absolute Gasteiger partial charge is 0.294 e. The number of nitrogens with one attached hydrogen (secondary N) is 1. The fourth-order valence-electron chi connectivity index (χ4n) is 2.43. The van der Waals surface area contributed by atoms with Gasteiger partial charge in [0.05, 0.1) is 6.20 Å². The summed E-state index contributed by atoms with van der Waals surface area (Å²) in [7, 11) is 0. The number of hydrogen-bond acceptors (Lipinski definition) is 4.